The van der Waals surface area contributed by atoms with Gasteiger partial charge in [0, 0.05) is 29.8 Å². The fourth-order valence-corrected chi connectivity index (χ4v) is 1.87. The maximum Gasteiger partial charge on any atom is 0.100 e. The van der Waals surface area contributed by atoms with E-state index in [9.17, 15) is 0 Å². The van der Waals surface area contributed by atoms with E-state index in [1.807, 2.05) is 18.2 Å². The molecule has 0 heterocycles. The van der Waals surface area contributed by atoms with Crippen LogP contribution in [0.25, 0.3) is 0 Å². The Bertz CT molecular complexity index is 371. The minimum atomic E-state index is 0.630. The number of nitrogens with two attached hydrogens (primary N) is 1. The van der Waals surface area contributed by atoms with Gasteiger partial charge in [-0.2, -0.15) is 5.26 Å². The van der Waals surface area contributed by atoms with Gasteiger partial charge in [0.2, 0.25) is 0 Å². The first-order valence-electron chi connectivity index (χ1n) is 4.87. The maximum absolute atomic E-state index is 8.79. The molecule has 0 radical (unpaired) electrons. The molecule has 0 saturated carbocycles. The molecule has 0 aliphatic rings. The van der Waals surface area contributed by atoms with Gasteiger partial charge in [0.15, 0.2) is 0 Å². The second-order valence-corrected chi connectivity index (χ2v) is 4.00. The first kappa shape index (κ1) is 12.0. The average molecular weight is 268 g/mol. The van der Waals surface area contributed by atoms with Crippen molar-refractivity contribution in [1.29, 1.82) is 5.26 Å². The molecule has 0 saturated heterocycles. The van der Waals surface area contributed by atoms with Gasteiger partial charge in [0.25, 0.3) is 0 Å². The summed E-state index contributed by atoms with van der Waals surface area (Å²) >= 11 is 3.38. The van der Waals surface area contributed by atoms with Crippen LogP contribution in [-0.4, -0.2) is 19.6 Å². The van der Waals surface area contributed by atoms with Crippen LogP contribution in [0.3, 0.4) is 0 Å². The molecule has 2 N–H and O–H groups in total. The monoisotopic (exact) mass is 267 g/mol. The van der Waals surface area contributed by atoms with E-state index in [4.69, 9.17) is 11.0 Å². The zero-order valence-corrected chi connectivity index (χ0v) is 10.3. The van der Waals surface area contributed by atoms with Crippen LogP contribution in [0.1, 0.15) is 12.5 Å². The SMILES string of the molecule is CCN(CCN)c1ccc(C#N)c(Br)c1. The van der Waals surface area contributed by atoms with Crippen molar-refractivity contribution in [2.45, 2.75) is 6.92 Å². The summed E-state index contributed by atoms with van der Waals surface area (Å²) in [4.78, 5) is 2.17. The average Bonchev–Trinajstić information content (AvgIpc) is 2.25. The van der Waals surface area contributed by atoms with Gasteiger partial charge in [-0.05, 0) is 41.1 Å². The van der Waals surface area contributed by atoms with Crippen molar-refractivity contribution in [1.82, 2.24) is 0 Å². The van der Waals surface area contributed by atoms with Gasteiger partial charge in [-0.25, -0.2) is 0 Å². The molecule has 1 rings (SSSR count). The molecule has 3 nitrogen and oxygen atoms in total. The first-order valence-corrected chi connectivity index (χ1v) is 5.67. The van der Waals surface area contributed by atoms with Crippen LogP contribution >= 0.6 is 15.9 Å². The molecule has 0 aliphatic heterocycles. The smallest absolute Gasteiger partial charge is 0.100 e. The summed E-state index contributed by atoms with van der Waals surface area (Å²) in [5.41, 5.74) is 7.28. The minimum absolute atomic E-state index is 0.630. The van der Waals surface area contributed by atoms with Crippen LogP contribution in [0, 0.1) is 11.3 Å². The van der Waals surface area contributed by atoms with Gasteiger partial charge in [0.1, 0.15) is 6.07 Å². The van der Waals surface area contributed by atoms with Gasteiger partial charge in [0.05, 0.1) is 5.56 Å². The first-order chi connectivity index (χ1) is 7.22. The molecule has 1 aromatic carbocycles. The largest absolute Gasteiger partial charge is 0.371 e. The van der Waals surface area contributed by atoms with Crippen LogP contribution in [0.4, 0.5) is 5.69 Å². The predicted octanol–water partition coefficient (Wildman–Crippen LogP) is 2.11. The van der Waals surface area contributed by atoms with E-state index in [2.05, 4.69) is 33.8 Å². The number of nitrogens with zero attached hydrogens (tertiary/aromatic N) is 2. The van der Waals surface area contributed by atoms with E-state index < -0.39 is 0 Å². The van der Waals surface area contributed by atoms with Crippen molar-refractivity contribution < 1.29 is 0 Å². The van der Waals surface area contributed by atoms with Gasteiger partial charge >= 0.3 is 0 Å². The molecule has 80 valence electrons. The Kier molecular flexibility index (Phi) is 4.60. The predicted molar refractivity (Wildman–Crippen MR) is 65.8 cm³/mol. The Morgan fingerprint density at radius 2 is 2.27 bits per heavy atom. The van der Waals surface area contributed by atoms with Crippen molar-refractivity contribution in [3.8, 4) is 6.07 Å². The molecule has 0 aliphatic carbocycles. The summed E-state index contributed by atoms with van der Waals surface area (Å²) in [7, 11) is 0. The molecule has 0 fully saturated rings. The number of likely N-dealkylation sites (N-methyl/N-ethyl adjacent to an activating group) is 1. The van der Waals surface area contributed by atoms with E-state index in [-0.39, 0.29) is 0 Å². The highest BCUT2D eigenvalue weighted by Crippen LogP contribution is 2.23. The second-order valence-electron chi connectivity index (χ2n) is 3.14. The lowest BCUT2D eigenvalue weighted by Crippen LogP contribution is -2.29. The Morgan fingerprint density at radius 1 is 1.53 bits per heavy atom. The van der Waals surface area contributed by atoms with Crippen molar-refractivity contribution in [3.05, 3.63) is 28.2 Å². The fraction of sp³-hybridized carbons (Fsp3) is 0.364. The quantitative estimate of drug-likeness (QED) is 0.909. The fourth-order valence-electron chi connectivity index (χ4n) is 1.42. The van der Waals surface area contributed by atoms with Gasteiger partial charge in [-0.15, -0.1) is 0 Å². The van der Waals surface area contributed by atoms with Gasteiger partial charge < -0.3 is 10.6 Å². The van der Waals surface area contributed by atoms with E-state index in [0.29, 0.717) is 12.1 Å². The Labute approximate surface area is 98.6 Å². The van der Waals surface area contributed by atoms with Crippen LogP contribution in [0.2, 0.25) is 0 Å². The number of rotatable bonds is 4. The molecule has 0 amide bonds. The molecule has 1 aromatic rings. The van der Waals surface area contributed by atoms with Crippen molar-refractivity contribution >= 4 is 21.6 Å². The summed E-state index contributed by atoms with van der Waals surface area (Å²) < 4.78 is 0.831. The van der Waals surface area contributed by atoms with Crippen molar-refractivity contribution in [2.75, 3.05) is 24.5 Å². The van der Waals surface area contributed by atoms with E-state index in [0.717, 1.165) is 23.2 Å². The molecule has 0 aromatic heterocycles. The van der Waals surface area contributed by atoms with Gasteiger partial charge in [-0.1, -0.05) is 0 Å². The van der Waals surface area contributed by atoms with Gasteiger partial charge in [-0.3, -0.25) is 0 Å². The highest BCUT2D eigenvalue weighted by molar-refractivity contribution is 9.10. The van der Waals surface area contributed by atoms with E-state index in [1.165, 1.54) is 0 Å². The normalized spacial score (nSPS) is 9.73. The third-order valence-electron chi connectivity index (χ3n) is 2.22. The minimum Gasteiger partial charge on any atom is -0.371 e. The lowest BCUT2D eigenvalue weighted by Gasteiger charge is -2.22. The summed E-state index contributed by atoms with van der Waals surface area (Å²) in [6.07, 6.45) is 0. The third kappa shape index (κ3) is 2.95. The number of hydrogen-bond donors (Lipinski definition) is 1. The molecule has 0 atom stereocenters. The van der Waals surface area contributed by atoms with E-state index >= 15 is 0 Å². The number of halogens is 1. The lowest BCUT2D eigenvalue weighted by molar-refractivity contribution is 0.816. The number of benzene rings is 1. The highest BCUT2D eigenvalue weighted by Gasteiger charge is 2.05. The Hall–Kier alpha value is -1.05. The zero-order chi connectivity index (χ0) is 11.3. The zero-order valence-electron chi connectivity index (χ0n) is 8.70. The molecule has 0 bridgehead atoms. The standard InChI is InChI=1S/C11H14BrN3/c1-2-15(6-5-13)10-4-3-9(8-14)11(12)7-10/h3-4,7H,2,5-6,13H2,1H3. The maximum atomic E-state index is 8.79. The number of nitriles is 1. The highest BCUT2D eigenvalue weighted by atomic mass is 79.9. The van der Waals surface area contributed by atoms with Crippen molar-refractivity contribution in [2.24, 2.45) is 5.73 Å². The summed E-state index contributed by atoms with van der Waals surface area (Å²) in [6.45, 7) is 4.46. The molecular formula is C11H14BrN3. The summed E-state index contributed by atoms with van der Waals surface area (Å²) in [6, 6.07) is 7.84. The molecule has 15 heavy (non-hydrogen) atoms. The Morgan fingerprint density at radius 3 is 2.73 bits per heavy atom. The van der Waals surface area contributed by atoms with Crippen LogP contribution < -0.4 is 10.6 Å². The number of anilines is 1. The number of hydrogen-bond acceptors (Lipinski definition) is 3. The lowest BCUT2D eigenvalue weighted by atomic mass is 10.2. The topological polar surface area (TPSA) is 53.0 Å². The second kappa shape index (κ2) is 5.74. The van der Waals surface area contributed by atoms with Crippen LogP contribution in [0.15, 0.2) is 22.7 Å². The summed E-state index contributed by atoms with van der Waals surface area (Å²) in [5.74, 6) is 0. The van der Waals surface area contributed by atoms with Crippen molar-refractivity contribution in [3.63, 3.8) is 0 Å². The van der Waals surface area contributed by atoms with Crippen LogP contribution in [0.5, 0.6) is 0 Å². The summed E-state index contributed by atoms with van der Waals surface area (Å²) in [5, 5.41) is 8.79. The Balaban J connectivity index is 2.95. The molecule has 0 unspecified atom stereocenters. The van der Waals surface area contributed by atoms with Crippen LogP contribution in [-0.2, 0) is 0 Å². The van der Waals surface area contributed by atoms with E-state index in [1.54, 1.807) is 0 Å². The molecule has 4 heteroatoms. The third-order valence-corrected chi connectivity index (χ3v) is 2.88. The molecular weight excluding hydrogens is 254 g/mol. The molecule has 0 spiro atoms.